The fourth-order valence-corrected chi connectivity index (χ4v) is 3.29. The van der Waals surface area contributed by atoms with Gasteiger partial charge in [0.2, 0.25) is 11.8 Å². The third-order valence-corrected chi connectivity index (χ3v) is 4.79. The van der Waals surface area contributed by atoms with Crippen molar-refractivity contribution in [3.05, 3.63) is 47.1 Å². The lowest BCUT2D eigenvalue weighted by atomic mass is 9.91. The van der Waals surface area contributed by atoms with Gasteiger partial charge in [0.05, 0.1) is 19.8 Å². The van der Waals surface area contributed by atoms with Crippen LogP contribution in [0.1, 0.15) is 29.3 Å². The number of rotatable bonds is 6. The van der Waals surface area contributed by atoms with Gasteiger partial charge in [-0.25, -0.2) is 0 Å². The topological polar surface area (TPSA) is 88.7 Å². The summed E-state index contributed by atoms with van der Waals surface area (Å²) in [6.07, 6.45) is 1.29. The second kappa shape index (κ2) is 7.97. The molecule has 1 saturated heterocycles. The van der Waals surface area contributed by atoms with Crippen LogP contribution in [0, 0.1) is 13.8 Å². The Morgan fingerprint density at radius 2 is 2.15 bits per heavy atom. The Hall–Kier alpha value is -2.25. The normalized spacial score (nSPS) is 20.3. The van der Waals surface area contributed by atoms with Crippen LogP contribution in [-0.4, -0.2) is 58.0 Å². The van der Waals surface area contributed by atoms with Crippen LogP contribution in [0.2, 0.25) is 0 Å². The van der Waals surface area contributed by atoms with Gasteiger partial charge in [-0.3, -0.25) is 4.79 Å². The van der Waals surface area contributed by atoms with E-state index in [4.69, 9.17) is 9.26 Å². The van der Waals surface area contributed by atoms with Crippen molar-refractivity contribution < 1.29 is 19.2 Å². The average Bonchev–Trinajstić information content (AvgIpc) is 3.07. The van der Waals surface area contributed by atoms with E-state index < -0.39 is 5.60 Å². The van der Waals surface area contributed by atoms with Crippen molar-refractivity contribution in [1.29, 1.82) is 0 Å². The maximum Gasteiger partial charge on any atom is 0.227 e. The molecule has 2 aromatic rings. The summed E-state index contributed by atoms with van der Waals surface area (Å²) in [5, 5.41) is 13.7. The minimum absolute atomic E-state index is 0.00626. The predicted molar refractivity (Wildman–Crippen MR) is 94.6 cm³/mol. The molecule has 1 N–H and O–H groups in total. The third-order valence-electron chi connectivity index (χ3n) is 4.79. The highest BCUT2D eigenvalue weighted by Gasteiger charge is 2.38. The molecule has 0 bridgehead atoms. The van der Waals surface area contributed by atoms with E-state index in [2.05, 4.69) is 10.1 Å². The zero-order valence-electron chi connectivity index (χ0n) is 15.3. The summed E-state index contributed by atoms with van der Waals surface area (Å²) < 4.78 is 11.0. The summed E-state index contributed by atoms with van der Waals surface area (Å²) in [6.45, 7) is 4.97. The minimum atomic E-state index is -0.763. The smallest absolute Gasteiger partial charge is 0.227 e. The maximum atomic E-state index is 12.6. The number of aliphatic hydroxyl groups is 1. The number of amides is 1. The highest BCUT2D eigenvalue weighted by Crippen LogP contribution is 2.25. The summed E-state index contributed by atoms with van der Waals surface area (Å²) in [4.78, 5) is 18.5. The molecule has 26 heavy (non-hydrogen) atoms. The molecular weight excluding hydrogens is 334 g/mol. The van der Waals surface area contributed by atoms with Gasteiger partial charge in [-0.2, -0.15) is 4.98 Å². The highest BCUT2D eigenvalue weighted by atomic mass is 16.5. The molecular formula is C19H25N3O4. The van der Waals surface area contributed by atoms with Crippen LogP contribution < -0.4 is 0 Å². The van der Waals surface area contributed by atoms with Crippen LogP contribution in [0.5, 0.6) is 0 Å². The number of hydrogen-bond donors (Lipinski definition) is 1. The van der Waals surface area contributed by atoms with Crippen LogP contribution in [0.4, 0.5) is 0 Å². The Labute approximate surface area is 153 Å². The Bertz CT molecular complexity index is 761. The van der Waals surface area contributed by atoms with E-state index in [0.717, 1.165) is 11.1 Å². The first-order valence-electron chi connectivity index (χ1n) is 8.88. The van der Waals surface area contributed by atoms with Crippen molar-refractivity contribution in [3.63, 3.8) is 0 Å². The van der Waals surface area contributed by atoms with Crippen molar-refractivity contribution >= 4 is 5.91 Å². The molecule has 0 unspecified atom stereocenters. The van der Waals surface area contributed by atoms with Gasteiger partial charge in [0.25, 0.3) is 0 Å². The largest absolute Gasteiger partial charge is 0.393 e. The first kappa shape index (κ1) is 18.5. The average molecular weight is 359 g/mol. The summed E-state index contributed by atoms with van der Waals surface area (Å²) in [6, 6.07) is 8.04. The van der Waals surface area contributed by atoms with E-state index in [-0.39, 0.29) is 12.5 Å². The predicted octanol–water partition coefficient (Wildman–Crippen LogP) is 1.45. The molecule has 0 spiro atoms. The Kier molecular flexibility index (Phi) is 5.68. The van der Waals surface area contributed by atoms with Gasteiger partial charge in [-0.1, -0.05) is 29.4 Å². The van der Waals surface area contributed by atoms with Crippen LogP contribution in [0.15, 0.2) is 28.8 Å². The standard InChI is InChI=1S/C19H25N3O4/c1-14-5-3-4-6-16(14)11-19(13-23)12-22(9-10-25-19)18(24)8-7-17-20-15(2)21-26-17/h3-6,23H,7-13H2,1-2H3/t19-/m0/s1. The number of aryl methyl sites for hydroxylation is 3. The fraction of sp³-hybridized carbons (Fsp3) is 0.526. The molecule has 1 aliphatic heterocycles. The number of benzene rings is 1. The monoisotopic (exact) mass is 359 g/mol. The third kappa shape index (κ3) is 4.28. The molecule has 140 valence electrons. The number of hydrogen-bond acceptors (Lipinski definition) is 6. The molecule has 7 nitrogen and oxygen atoms in total. The van der Waals surface area contributed by atoms with Gasteiger partial charge in [0.1, 0.15) is 5.60 Å². The minimum Gasteiger partial charge on any atom is -0.393 e. The highest BCUT2D eigenvalue weighted by molar-refractivity contribution is 5.76. The molecule has 7 heteroatoms. The number of aromatic nitrogens is 2. The first-order valence-corrected chi connectivity index (χ1v) is 8.88. The van der Waals surface area contributed by atoms with Gasteiger partial charge in [-0.15, -0.1) is 0 Å². The van der Waals surface area contributed by atoms with Gasteiger partial charge in [0, 0.05) is 25.8 Å². The number of carbonyl (C=O) groups is 1. The molecule has 1 atom stereocenters. The van der Waals surface area contributed by atoms with Crippen molar-refractivity contribution in [3.8, 4) is 0 Å². The molecule has 2 heterocycles. The van der Waals surface area contributed by atoms with E-state index in [1.165, 1.54) is 0 Å². The fourth-order valence-electron chi connectivity index (χ4n) is 3.29. The summed E-state index contributed by atoms with van der Waals surface area (Å²) in [5.74, 6) is 1.04. The number of morpholine rings is 1. The number of carbonyl (C=O) groups excluding carboxylic acids is 1. The molecule has 0 aliphatic carbocycles. The van der Waals surface area contributed by atoms with Gasteiger partial charge in [0.15, 0.2) is 5.82 Å². The zero-order valence-corrected chi connectivity index (χ0v) is 15.3. The van der Waals surface area contributed by atoms with Crippen LogP contribution in [-0.2, 0) is 22.4 Å². The molecule has 0 saturated carbocycles. The molecule has 1 fully saturated rings. The first-order chi connectivity index (χ1) is 12.5. The van der Waals surface area contributed by atoms with E-state index in [1.54, 1.807) is 11.8 Å². The van der Waals surface area contributed by atoms with E-state index in [0.29, 0.717) is 50.7 Å². The SMILES string of the molecule is Cc1noc(CCC(=O)N2CCO[C@@](CO)(Cc3ccccc3C)C2)n1. The van der Waals surface area contributed by atoms with Crippen molar-refractivity contribution in [1.82, 2.24) is 15.0 Å². The summed E-state index contributed by atoms with van der Waals surface area (Å²) >= 11 is 0. The lowest BCUT2D eigenvalue weighted by molar-refractivity contribution is -0.158. The van der Waals surface area contributed by atoms with Gasteiger partial charge < -0.3 is 19.3 Å². The van der Waals surface area contributed by atoms with Crippen molar-refractivity contribution in [2.24, 2.45) is 0 Å². The Morgan fingerprint density at radius 3 is 2.85 bits per heavy atom. The number of ether oxygens (including phenoxy) is 1. The molecule has 3 rings (SSSR count). The van der Waals surface area contributed by atoms with Crippen molar-refractivity contribution in [2.45, 2.75) is 38.7 Å². The van der Waals surface area contributed by atoms with Crippen LogP contribution in [0.3, 0.4) is 0 Å². The number of nitrogens with zero attached hydrogens (tertiary/aromatic N) is 3. The Balaban J connectivity index is 1.64. The molecule has 1 aromatic carbocycles. The molecule has 1 aromatic heterocycles. The van der Waals surface area contributed by atoms with Crippen molar-refractivity contribution in [2.75, 3.05) is 26.3 Å². The van der Waals surface area contributed by atoms with E-state index in [9.17, 15) is 9.90 Å². The van der Waals surface area contributed by atoms with Crippen LogP contribution >= 0.6 is 0 Å². The second-order valence-corrected chi connectivity index (χ2v) is 6.84. The van der Waals surface area contributed by atoms with Crippen LogP contribution in [0.25, 0.3) is 0 Å². The lowest BCUT2D eigenvalue weighted by Gasteiger charge is -2.42. The van der Waals surface area contributed by atoms with E-state index >= 15 is 0 Å². The quantitative estimate of drug-likeness (QED) is 0.840. The van der Waals surface area contributed by atoms with Gasteiger partial charge >= 0.3 is 0 Å². The van der Waals surface area contributed by atoms with E-state index in [1.807, 2.05) is 31.2 Å². The zero-order chi connectivity index (χ0) is 18.6. The second-order valence-electron chi connectivity index (χ2n) is 6.84. The molecule has 0 radical (unpaired) electrons. The number of aliphatic hydroxyl groups excluding tert-OH is 1. The summed E-state index contributed by atoms with van der Waals surface area (Å²) in [7, 11) is 0. The van der Waals surface area contributed by atoms with Gasteiger partial charge in [-0.05, 0) is 25.0 Å². The summed E-state index contributed by atoms with van der Waals surface area (Å²) in [5.41, 5.74) is 1.51. The molecule has 1 amide bonds. The lowest BCUT2D eigenvalue weighted by Crippen LogP contribution is -2.56. The Morgan fingerprint density at radius 1 is 1.35 bits per heavy atom. The maximum absolute atomic E-state index is 12.6. The molecule has 1 aliphatic rings.